The summed E-state index contributed by atoms with van der Waals surface area (Å²) in [5, 5.41) is 0.308. The van der Waals surface area contributed by atoms with Crippen molar-refractivity contribution in [3.8, 4) is 0 Å². The molecule has 1 rings (SSSR count). The predicted octanol–water partition coefficient (Wildman–Crippen LogP) is 3.71. The molecule has 0 saturated heterocycles. The summed E-state index contributed by atoms with van der Waals surface area (Å²) >= 11 is 10.9. The van der Waals surface area contributed by atoms with Gasteiger partial charge in [0.1, 0.15) is 0 Å². The van der Waals surface area contributed by atoms with E-state index in [0.717, 1.165) is 8.04 Å². The Bertz CT molecular complexity index is 277. The molecule has 0 heterocycles. The molecule has 0 aliphatic carbocycles. The fourth-order valence-corrected chi connectivity index (χ4v) is 1.29. The number of halogens is 3. The van der Waals surface area contributed by atoms with Crippen LogP contribution in [-0.2, 0) is 0 Å². The van der Waals surface area contributed by atoms with Crippen LogP contribution in [0.25, 0.3) is 0 Å². The van der Waals surface area contributed by atoms with Gasteiger partial charge in [0.25, 0.3) is 0 Å². The van der Waals surface area contributed by atoms with Gasteiger partial charge in [-0.15, -0.1) is 0 Å². The molecule has 0 amide bonds. The Morgan fingerprint density at radius 3 is 3.00 bits per heavy atom. The van der Waals surface area contributed by atoms with E-state index < -0.39 is 0 Å². The minimum atomic E-state index is 0.0827. The van der Waals surface area contributed by atoms with Crippen LogP contribution in [0.15, 0.2) is 22.6 Å². The summed E-state index contributed by atoms with van der Waals surface area (Å²) in [6.45, 7) is 0. The van der Waals surface area contributed by atoms with Gasteiger partial charge in [-0.3, -0.25) is 0 Å². The molecule has 0 unspecified atom stereocenters. The first kappa shape index (κ1) is 5.38. The van der Waals surface area contributed by atoms with Crippen molar-refractivity contribution in [2.45, 2.75) is 0 Å². The van der Waals surface area contributed by atoms with Crippen molar-refractivity contribution in [2.24, 2.45) is 0 Å². The predicted molar refractivity (Wildman–Crippen MR) is 51.9 cm³/mol. The van der Waals surface area contributed by atoms with Gasteiger partial charge in [0.05, 0.1) is 2.74 Å². The van der Waals surface area contributed by atoms with Crippen LogP contribution in [-0.4, -0.2) is 0 Å². The molecule has 0 spiro atoms. The third-order valence-corrected chi connectivity index (χ3v) is 3.18. The fraction of sp³-hybridized carbons (Fsp3) is 0. The van der Waals surface area contributed by atoms with Gasteiger partial charge in [0.15, 0.2) is 0 Å². The Morgan fingerprint density at radius 1 is 1.67 bits per heavy atom. The Morgan fingerprint density at radius 2 is 2.33 bits per heavy atom. The molecule has 0 aliphatic heterocycles. The number of rotatable bonds is 0. The molecule has 0 aromatic heterocycles. The standard InChI is InChI=1S/C6H3BrClI/c7-5-3-4(8)1-2-6(5)9/h1-3H/i1D,2D. The molecule has 0 bridgehead atoms. The summed E-state index contributed by atoms with van der Waals surface area (Å²) in [6.07, 6.45) is 0. The molecular weight excluding hydrogens is 314 g/mol. The second-order valence-corrected chi connectivity index (χ2v) is 3.74. The summed E-state index contributed by atoms with van der Waals surface area (Å²) in [7, 11) is 0. The van der Waals surface area contributed by atoms with Crippen molar-refractivity contribution in [3.05, 3.63) is 31.2 Å². The number of hydrogen-bond donors (Lipinski definition) is 0. The molecule has 1 aromatic rings. The molecule has 0 aliphatic rings. The second-order valence-electron chi connectivity index (χ2n) is 1.40. The average Bonchev–Trinajstić information content (AvgIpc) is 1.97. The minimum Gasteiger partial charge on any atom is -0.0843 e. The highest BCUT2D eigenvalue weighted by Gasteiger charge is 1.93. The molecule has 1 aromatic carbocycles. The van der Waals surface area contributed by atoms with E-state index in [1.807, 2.05) is 22.6 Å². The highest BCUT2D eigenvalue weighted by atomic mass is 127. The van der Waals surface area contributed by atoms with Crippen LogP contribution in [0, 0.1) is 3.57 Å². The maximum atomic E-state index is 7.42. The average molecular weight is 319 g/mol. The van der Waals surface area contributed by atoms with Crippen LogP contribution in [0.1, 0.15) is 2.74 Å². The molecule has 0 radical (unpaired) electrons. The Balaban J connectivity index is 3.46. The Hall–Kier alpha value is 0.720. The third kappa shape index (κ3) is 2.09. The largest absolute Gasteiger partial charge is 0.0843 e. The van der Waals surface area contributed by atoms with Crippen molar-refractivity contribution in [1.82, 2.24) is 0 Å². The molecule has 0 atom stereocenters. The zero-order chi connectivity index (χ0) is 8.59. The van der Waals surface area contributed by atoms with E-state index in [-0.39, 0.29) is 12.1 Å². The topological polar surface area (TPSA) is 0 Å². The van der Waals surface area contributed by atoms with Gasteiger partial charge in [-0.1, -0.05) is 11.6 Å². The molecule has 0 fully saturated rings. The van der Waals surface area contributed by atoms with Crippen LogP contribution >= 0.6 is 50.1 Å². The van der Waals surface area contributed by atoms with Crippen LogP contribution in [0.4, 0.5) is 0 Å². The molecule has 3 heteroatoms. The lowest BCUT2D eigenvalue weighted by Crippen LogP contribution is -1.71. The van der Waals surface area contributed by atoms with Crippen LogP contribution in [0.5, 0.6) is 0 Å². The van der Waals surface area contributed by atoms with Crippen molar-refractivity contribution in [3.63, 3.8) is 0 Å². The molecule has 9 heavy (non-hydrogen) atoms. The SMILES string of the molecule is [2H]c1c(Cl)cc(Br)c(I)c1[2H]. The zero-order valence-electron chi connectivity index (χ0n) is 6.21. The maximum Gasteiger partial charge on any atom is 0.0639 e. The van der Waals surface area contributed by atoms with E-state index in [0.29, 0.717) is 5.02 Å². The maximum absolute atomic E-state index is 7.42. The lowest BCUT2D eigenvalue weighted by atomic mass is 10.4. The van der Waals surface area contributed by atoms with Gasteiger partial charge in [0.2, 0.25) is 0 Å². The fourth-order valence-electron chi connectivity index (χ4n) is 0.385. The monoisotopic (exact) mass is 318 g/mol. The molecule has 0 N–H and O–H groups in total. The van der Waals surface area contributed by atoms with Gasteiger partial charge in [-0.2, -0.15) is 0 Å². The molecule has 0 saturated carbocycles. The van der Waals surface area contributed by atoms with Crippen molar-refractivity contribution < 1.29 is 2.74 Å². The van der Waals surface area contributed by atoms with Gasteiger partial charge in [0, 0.05) is 13.1 Å². The number of hydrogen-bond acceptors (Lipinski definition) is 0. The Kier molecular flexibility index (Phi) is 1.92. The zero-order valence-corrected chi connectivity index (χ0v) is 8.71. The molecule has 48 valence electrons. The summed E-state index contributed by atoms with van der Waals surface area (Å²) in [5.74, 6) is 0. The van der Waals surface area contributed by atoms with E-state index in [4.69, 9.17) is 14.3 Å². The number of benzene rings is 1. The van der Waals surface area contributed by atoms with E-state index in [1.54, 1.807) is 6.07 Å². The van der Waals surface area contributed by atoms with Crippen LogP contribution in [0.2, 0.25) is 5.02 Å². The van der Waals surface area contributed by atoms with Crippen molar-refractivity contribution in [2.75, 3.05) is 0 Å². The summed E-state index contributed by atoms with van der Waals surface area (Å²) in [5.41, 5.74) is 0. The first-order valence-corrected chi connectivity index (χ1v) is 4.39. The van der Waals surface area contributed by atoms with Crippen molar-refractivity contribution in [1.29, 1.82) is 0 Å². The summed E-state index contributed by atoms with van der Waals surface area (Å²) in [4.78, 5) is 0. The quantitative estimate of drug-likeness (QED) is 0.505. The molecular formula is C6H3BrClI. The lowest BCUT2D eigenvalue weighted by molar-refractivity contribution is 1.59. The van der Waals surface area contributed by atoms with E-state index in [2.05, 4.69) is 15.9 Å². The normalized spacial score (nSPS) is 12.8. The first-order valence-electron chi connectivity index (χ1n) is 3.14. The van der Waals surface area contributed by atoms with Gasteiger partial charge in [-0.05, 0) is 56.7 Å². The van der Waals surface area contributed by atoms with E-state index in [9.17, 15) is 0 Å². The second kappa shape index (κ2) is 3.21. The van der Waals surface area contributed by atoms with Crippen LogP contribution in [0.3, 0.4) is 0 Å². The summed E-state index contributed by atoms with van der Waals surface area (Å²) < 4.78 is 16.2. The van der Waals surface area contributed by atoms with E-state index in [1.165, 1.54) is 0 Å². The minimum absolute atomic E-state index is 0.0827. The lowest BCUT2D eigenvalue weighted by Gasteiger charge is -1.93. The van der Waals surface area contributed by atoms with Crippen molar-refractivity contribution >= 4 is 50.1 Å². The van der Waals surface area contributed by atoms with Gasteiger partial charge < -0.3 is 0 Å². The smallest absolute Gasteiger partial charge is 0.0639 e. The highest BCUT2D eigenvalue weighted by molar-refractivity contribution is 14.1. The first-order chi connectivity index (χ1) is 5.04. The highest BCUT2D eigenvalue weighted by Crippen LogP contribution is 2.22. The summed E-state index contributed by atoms with van der Waals surface area (Å²) in [6, 6.07) is 1.88. The third-order valence-electron chi connectivity index (χ3n) is 0.755. The molecule has 0 nitrogen and oxygen atoms in total. The van der Waals surface area contributed by atoms with Crippen LogP contribution < -0.4 is 0 Å². The van der Waals surface area contributed by atoms with Gasteiger partial charge in [-0.25, -0.2) is 0 Å². The Labute approximate surface area is 83.7 Å². The van der Waals surface area contributed by atoms with Gasteiger partial charge >= 0.3 is 0 Å². The van der Waals surface area contributed by atoms with E-state index >= 15 is 0 Å².